The molecule has 1 saturated heterocycles. The number of unbranched alkanes of at least 4 members (excludes halogenated alkanes) is 2. The summed E-state index contributed by atoms with van der Waals surface area (Å²) in [6, 6.07) is 10.5. The summed E-state index contributed by atoms with van der Waals surface area (Å²) in [6.45, 7) is 2.77. The summed E-state index contributed by atoms with van der Waals surface area (Å²) in [5, 5.41) is 0. The number of aryl methyl sites for hydroxylation is 1. The Morgan fingerprint density at radius 1 is 1.15 bits per heavy atom. The highest BCUT2D eigenvalue weighted by molar-refractivity contribution is 5.87. The molecule has 20 heavy (non-hydrogen) atoms. The molecule has 1 amide bonds. The summed E-state index contributed by atoms with van der Waals surface area (Å²) in [4.78, 5) is 13.7. The van der Waals surface area contributed by atoms with Gasteiger partial charge in [0.25, 0.3) is 0 Å². The minimum Gasteiger partial charge on any atom is -0.378 e. The number of benzene rings is 1. The second-order valence-electron chi connectivity index (χ2n) is 5.07. The highest BCUT2D eigenvalue weighted by Gasteiger charge is 2.13. The van der Waals surface area contributed by atoms with Gasteiger partial charge in [0.15, 0.2) is 0 Å². The van der Waals surface area contributed by atoms with Gasteiger partial charge in [0, 0.05) is 13.1 Å². The van der Waals surface area contributed by atoms with Crippen LogP contribution in [0.5, 0.6) is 0 Å². The number of allylic oxidation sites excluding steroid dienone is 1. The van der Waals surface area contributed by atoms with E-state index in [1.807, 2.05) is 17.0 Å². The fourth-order valence-electron chi connectivity index (χ4n) is 2.31. The molecule has 0 unspecified atom stereocenters. The maximum atomic E-state index is 11.8. The van der Waals surface area contributed by atoms with Crippen LogP contribution in [-0.4, -0.2) is 37.1 Å². The number of amides is 1. The van der Waals surface area contributed by atoms with E-state index in [4.69, 9.17) is 4.74 Å². The van der Waals surface area contributed by atoms with E-state index in [9.17, 15) is 4.79 Å². The van der Waals surface area contributed by atoms with Gasteiger partial charge in [-0.25, -0.2) is 0 Å². The van der Waals surface area contributed by atoms with E-state index in [1.54, 1.807) is 6.08 Å². The van der Waals surface area contributed by atoms with Gasteiger partial charge in [0.2, 0.25) is 5.91 Å². The average molecular weight is 273 g/mol. The molecule has 1 aromatic carbocycles. The first-order valence-corrected chi connectivity index (χ1v) is 7.43. The lowest BCUT2D eigenvalue weighted by Gasteiger charge is -2.25. The summed E-state index contributed by atoms with van der Waals surface area (Å²) < 4.78 is 5.23. The first-order valence-electron chi connectivity index (χ1n) is 7.43. The molecule has 0 radical (unpaired) electrons. The van der Waals surface area contributed by atoms with Crippen molar-refractivity contribution in [1.29, 1.82) is 0 Å². The zero-order chi connectivity index (χ0) is 14.0. The van der Waals surface area contributed by atoms with Crippen molar-refractivity contribution in [2.75, 3.05) is 26.3 Å². The molecule has 0 bridgehead atoms. The van der Waals surface area contributed by atoms with E-state index < -0.39 is 0 Å². The van der Waals surface area contributed by atoms with Crippen molar-refractivity contribution >= 4 is 5.91 Å². The van der Waals surface area contributed by atoms with Gasteiger partial charge in [-0.3, -0.25) is 4.79 Å². The van der Waals surface area contributed by atoms with E-state index in [2.05, 4.69) is 24.3 Å². The third-order valence-electron chi connectivity index (χ3n) is 3.51. The van der Waals surface area contributed by atoms with E-state index >= 15 is 0 Å². The molecule has 108 valence electrons. The molecule has 0 spiro atoms. The second kappa shape index (κ2) is 8.54. The number of ether oxygens (including phenoxy) is 1. The smallest absolute Gasteiger partial charge is 0.246 e. The maximum Gasteiger partial charge on any atom is 0.246 e. The topological polar surface area (TPSA) is 29.5 Å². The van der Waals surface area contributed by atoms with E-state index in [0.717, 1.165) is 32.4 Å². The lowest BCUT2D eigenvalue weighted by atomic mass is 10.1. The Hall–Kier alpha value is -1.61. The Kier molecular flexibility index (Phi) is 6.32. The normalized spacial score (nSPS) is 15.7. The molecule has 1 aromatic rings. The molecule has 0 aromatic heterocycles. The first-order chi connectivity index (χ1) is 9.86. The lowest BCUT2D eigenvalue weighted by Crippen LogP contribution is -2.39. The van der Waals surface area contributed by atoms with Crippen LogP contribution in [0, 0.1) is 0 Å². The number of morpholine rings is 1. The Labute approximate surface area is 121 Å². The van der Waals surface area contributed by atoms with Gasteiger partial charge in [-0.1, -0.05) is 36.4 Å². The first kappa shape index (κ1) is 14.8. The minimum atomic E-state index is 0.122. The Morgan fingerprint density at radius 3 is 2.65 bits per heavy atom. The summed E-state index contributed by atoms with van der Waals surface area (Å²) >= 11 is 0. The van der Waals surface area contributed by atoms with Crippen molar-refractivity contribution < 1.29 is 9.53 Å². The predicted octanol–water partition coefficient (Wildman–Crippen LogP) is 2.81. The Balaban J connectivity index is 1.58. The van der Waals surface area contributed by atoms with Gasteiger partial charge in [0.1, 0.15) is 0 Å². The number of hydrogen-bond acceptors (Lipinski definition) is 2. The Morgan fingerprint density at radius 2 is 1.90 bits per heavy atom. The zero-order valence-corrected chi connectivity index (χ0v) is 12.0. The zero-order valence-electron chi connectivity index (χ0n) is 12.0. The Bertz CT molecular complexity index is 422. The van der Waals surface area contributed by atoms with Gasteiger partial charge >= 0.3 is 0 Å². The molecule has 3 nitrogen and oxygen atoms in total. The van der Waals surface area contributed by atoms with Crippen molar-refractivity contribution in [3.63, 3.8) is 0 Å². The molecular formula is C17H23NO2. The van der Waals surface area contributed by atoms with Crippen LogP contribution in [0.3, 0.4) is 0 Å². The summed E-state index contributed by atoms with van der Waals surface area (Å²) in [7, 11) is 0. The van der Waals surface area contributed by atoms with Crippen LogP contribution in [0.4, 0.5) is 0 Å². The average Bonchev–Trinajstić information content (AvgIpc) is 2.52. The number of nitrogens with zero attached hydrogens (tertiary/aromatic N) is 1. The van der Waals surface area contributed by atoms with Crippen LogP contribution >= 0.6 is 0 Å². The largest absolute Gasteiger partial charge is 0.378 e. The van der Waals surface area contributed by atoms with Gasteiger partial charge in [-0.05, 0) is 37.3 Å². The number of hydrogen-bond donors (Lipinski definition) is 0. The molecule has 1 aliphatic heterocycles. The lowest BCUT2D eigenvalue weighted by molar-refractivity contribution is -0.129. The fourth-order valence-corrected chi connectivity index (χ4v) is 2.31. The van der Waals surface area contributed by atoms with Crippen LogP contribution in [0.1, 0.15) is 24.8 Å². The summed E-state index contributed by atoms with van der Waals surface area (Å²) in [5.41, 5.74) is 1.39. The predicted molar refractivity (Wildman–Crippen MR) is 80.5 cm³/mol. The van der Waals surface area contributed by atoms with Crippen LogP contribution in [0.25, 0.3) is 0 Å². The van der Waals surface area contributed by atoms with Crippen molar-refractivity contribution in [3.05, 3.63) is 48.0 Å². The second-order valence-corrected chi connectivity index (χ2v) is 5.07. The molecule has 1 heterocycles. The van der Waals surface area contributed by atoms with E-state index in [1.165, 1.54) is 12.0 Å². The third-order valence-corrected chi connectivity index (χ3v) is 3.51. The van der Waals surface area contributed by atoms with Gasteiger partial charge in [-0.15, -0.1) is 0 Å². The van der Waals surface area contributed by atoms with Crippen LogP contribution in [-0.2, 0) is 16.0 Å². The molecular weight excluding hydrogens is 250 g/mol. The van der Waals surface area contributed by atoms with E-state index in [0.29, 0.717) is 13.2 Å². The van der Waals surface area contributed by atoms with Crippen LogP contribution in [0.2, 0.25) is 0 Å². The molecule has 0 aliphatic carbocycles. The molecule has 2 rings (SSSR count). The molecule has 0 atom stereocenters. The highest BCUT2D eigenvalue weighted by Crippen LogP contribution is 2.07. The fraction of sp³-hybridized carbons (Fsp3) is 0.471. The molecule has 3 heteroatoms. The number of carbonyl (C=O) groups is 1. The van der Waals surface area contributed by atoms with Crippen molar-refractivity contribution in [1.82, 2.24) is 4.90 Å². The quantitative estimate of drug-likeness (QED) is 0.589. The van der Waals surface area contributed by atoms with Crippen LogP contribution in [0.15, 0.2) is 42.5 Å². The van der Waals surface area contributed by atoms with Crippen LogP contribution < -0.4 is 0 Å². The third kappa shape index (κ3) is 5.17. The van der Waals surface area contributed by atoms with Gasteiger partial charge in [0.05, 0.1) is 13.2 Å². The molecule has 0 N–H and O–H groups in total. The monoisotopic (exact) mass is 273 g/mol. The summed E-state index contributed by atoms with van der Waals surface area (Å²) in [5.74, 6) is 0.122. The van der Waals surface area contributed by atoms with Crippen molar-refractivity contribution in [3.8, 4) is 0 Å². The SMILES string of the molecule is O=C(/C=C/CCCCc1ccccc1)N1CCOCC1. The molecule has 0 saturated carbocycles. The summed E-state index contributed by atoms with van der Waals surface area (Å²) in [6.07, 6.45) is 8.10. The highest BCUT2D eigenvalue weighted by atomic mass is 16.5. The van der Waals surface area contributed by atoms with Crippen molar-refractivity contribution in [2.24, 2.45) is 0 Å². The minimum absolute atomic E-state index is 0.122. The molecule has 1 fully saturated rings. The number of rotatable bonds is 6. The number of carbonyl (C=O) groups excluding carboxylic acids is 1. The molecule has 1 aliphatic rings. The van der Waals surface area contributed by atoms with Crippen molar-refractivity contribution in [2.45, 2.75) is 25.7 Å². The maximum absolute atomic E-state index is 11.8. The van der Waals surface area contributed by atoms with E-state index in [-0.39, 0.29) is 5.91 Å². The van der Waals surface area contributed by atoms with Gasteiger partial charge < -0.3 is 9.64 Å². The van der Waals surface area contributed by atoms with Gasteiger partial charge in [-0.2, -0.15) is 0 Å². The standard InChI is InChI=1S/C17H23NO2/c19-17(18-12-14-20-15-13-18)11-7-2-1-4-8-16-9-5-3-6-10-16/h3,5-7,9-11H,1-2,4,8,12-15H2/b11-7+.